The lowest BCUT2D eigenvalue weighted by molar-refractivity contribution is -0.120. The van der Waals surface area contributed by atoms with Crippen LogP contribution in [0.4, 0.5) is 5.69 Å². The van der Waals surface area contributed by atoms with E-state index >= 15 is 0 Å². The first-order valence-corrected chi connectivity index (χ1v) is 12.9. The van der Waals surface area contributed by atoms with Crippen molar-refractivity contribution in [1.82, 2.24) is 0 Å². The van der Waals surface area contributed by atoms with E-state index in [0.717, 1.165) is 28.0 Å². The maximum atomic E-state index is 13.9. The normalized spacial score (nSPS) is 15.8. The highest BCUT2D eigenvalue weighted by molar-refractivity contribution is 6.12. The van der Waals surface area contributed by atoms with Gasteiger partial charge < -0.3 is 9.64 Å². The third-order valence-electron chi connectivity index (χ3n) is 6.31. The van der Waals surface area contributed by atoms with Crippen molar-refractivity contribution in [3.63, 3.8) is 0 Å². The van der Waals surface area contributed by atoms with Crippen molar-refractivity contribution in [3.8, 4) is 11.1 Å². The first-order chi connectivity index (χ1) is 17.5. The topological polar surface area (TPSA) is 59.0 Å². The smallest absolute Gasteiger partial charge is 0.338 e. The summed E-state index contributed by atoms with van der Waals surface area (Å²) in [6.45, 7) is 12.1. The van der Waals surface area contributed by atoms with E-state index in [1.165, 1.54) is 0 Å². The van der Waals surface area contributed by atoms with E-state index in [2.05, 4.69) is 50.2 Å². The molecule has 1 atom stereocenters. The fourth-order valence-corrected chi connectivity index (χ4v) is 4.56. The largest absolute Gasteiger partial charge is 0.456 e. The van der Waals surface area contributed by atoms with Gasteiger partial charge in [-0.1, -0.05) is 74.5 Å². The molecule has 37 heavy (non-hydrogen) atoms. The number of anilines is 1. The molecule has 0 aliphatic carbocycles. The molecule has 0 saturated carbocycles. The predicted octanol–water partition coefficient (Wildman–Crippen LogP) is 7.08. The van der Waals surface area contributed by atoms with Crippen molar-refractivity contribution in [2.24, 2.45) is 10.9 Å². The second kappa shape index (κ2) is 10.7. The molecule has 1 amide bonds. The average molecular weight is 497 g/mol. The second-order valence-electron chi connectivity index (χ2n) is 11.1. The van der Waals surface area contributed by atoms with Gasteiger partial charge in [0.2, 0.25) is 0 Å². The summed E-state index contributed by atoms with van der Waals surface area (Å²) in [5, 5.41) is 0. The van der Waals surface area contributed by atoms with Crippen LogP contribution in [0.1, 0.15) is 69.4 Å². The molecule has 3 aromatic rings. The second-order valence-corrected chi connectivity index (χ2v) is 11.1. The first-order valence-electron chi connectivity index (χ1n) is 12.9. The van der Waals surface area contributed by atoms with Crippen molar-refractivity contribution in [3.05, 3.63) is 89.5 Å². The zero-order valence-electron chi connectivity index (χ0n) is 22.6. The molecule has 0 bridgehead atoms. The molecular formula is C32H36N2O3. The summed E-state index contributed by atoms with van der Waals surface area (Å²) in [5.74, 6) is -0.149. The van der Waals surface area contributed by atoms with Gasteiger partial charge in [-0.2, -0.15) is 0 Å². The SMILES string of the molecule is CC1=N[C@H](CC(C)C)C(=O)N(Cc2ccc(-c3ccccc3)cc2)c2cc(C(=O)OC(C)(C)C)ccc21. The van der Waals surface area contributed by atoms with Crippen LogP contribution in [0.15, 0.2) is 77.8 Å². The van der Waals surface area contributed by atoms with E-state index in [-0.39, 0.29) is 5.91 Å². The Hall–Kier alpha value is -3.73. The minimum absolute atomic E-state index is 0.0553. The van der Waals surface area contributed by atoms with E-state index in [4.69, 9.17) is 9.73 Å². The van der Waals surface area contributed by atoms with Crippen molar-refractivity contribution in [1.29, 1.82) is 0 Å². The van der Waals surface area contributed by atoms with Crippen LogP contribution in [0.2, 0.25) is 0 Å². The minimum Gasteiger partial charge on any atom is -0.456 e. The van der Waals surface area contributed by atoms with Gasteiger partial charge in [0.05, 0.1) is 17.8 Å². The number of nitrogens with zero attached hydrogens (tertiary/aromatic N) is 2. The molecule has 0 fully saturated rings. The summed E-state index contributed by atoms with van der Waals surface area (Å²) >= 11 is 0. The van der Waals surface area contributed by atoms with Gasteiger partial charge in [0.15, 0.2) is 0 Å². The Kier molecular flexibility index (Phi) is 7.63. The molecule has 4 rings (SSSR count). The zero-order valence-corrected chi connectivity index (χ0v) is 22.6. The summed E-state index contributed by atoms with van der Waals surface area (Å²) in [6.07, 6.45) is 0.659. The Morgan fingerprint density at radius 3 is 2.24 bits per heavy atom. The van der Waals surface area contributed by atoms with Gasteiger partial charge in [0, 0.05) is 11.3 Å². The number of aliphatic imine (C=N–C) groups is 1. The van der Waals surface area contributed by atoms with Crippen LogP contribution >= 0.6 is 0 Å². The molecule has 1 aliphatic rings. The summed E-state index contributed by atoms with van der Waals surface area (Å²) in [4.78, 5) is 33.4. The number of amides is 1. The molecule has 192 valence electrons. The lowest BCUT2D eigenvalue weighted by atomic mass is 10.0. The van der Waals surface area contributed by atoms with Crippen LogP contribution in [-0.4, -0.2) is 29.2 Å². The molecular weight excluding hydrogens is 460 g/mol. The quantitative estimate of drug-likeness (QED) is 0.343. The van der Waals surface area contributed by atoms with Gasteiger partial charge in [-0.15, -0.1) is 0 Å². The van der Waals surface area contributed by atoms with Crippen molar-refractivity contribution in [2.75, 3.05) is 4.90 Å². The van der Waals surface area contributed by atoms with Crippen molar-refractivity contribution < 1.29 is 14.3 Å². The highest BCUT2D eigenvalue weighted by atomic mass is 16.6. The predicted molar refractivity (Wildman–Crippen MR) is 150 cm³/mol. The van der Waals surface area contributed by atoms with Crippen LogP contribution in [0, 0.1) is 5.92 Å². The maximum Gasteiger partial charge on any atom is 0.338 e. The van der Waals surface area contributed by atoms with Crippen LogP contribution < -0.4 is 4.90 Å². The lowest BCUT2D eigenvalue weighted by Gasteiger charge is -2.27. The average Bonchev–Trinajstić information content (AvgIpc) is 2.94. The standard InChI is InChI=1S/C32H36N2O3/c1-21(2)18-28-30(35)34(20-23-12-14-25(15-13-23)24-10-8-7-9-11-24)29-19-26(31(36)37-32(4,5)6)16-17-27(29)22(3)33-28/h7-17,19,21,28H,18,20H2,1-6H3/t28-/m1/s1. The fourth-order valence-electron chi connectivity index (χ4n) is 4.56. The molecule has 0 N–H and O–H groups in total. The Balaban J connectivity index is 1.73. The number of hydrogen-bond donors (Lipinski definition) is 0. The Morgan fingerprint density at radius 1 is 0.973 bits per heavy atom. The molecule has 0 aromatic heterocycles. The van der Waals surface area contributed by atoms with Gasteiger partial charge in [-0.05, 0) is 68.9 Å². The van der Waals surface area contributed by atoms with Crippen LogP contribution in [0.3, 0.4) is 0 Å². The number of hydrogen-bond acceptors (Lipinski definition) is 4. The number of carbonyl (C=O) groups is 2. The van der Waals surface area contributed by atoms with E-state index in [1.807, 2.05) is 52.0 Å². The number of fused-ring (bicyclic) bond motifs is 1. The number of benzene rings is 3. The lowest BCUT2D eigenvalue weighted by Crippen LogP contribution is -2.38. The summed E-state index contributed by atoms with van der Waals surface area (Å²) in [5.41, 5.74) is 5.42. The third-order valence-corrected chi connectivity index (χ3v) is 6.31. The molecule has 5 nitrogen and oxygen atoms in total. The van der Waals surface area contributed by atoms with Gasteiger partial charge in [-0.25, -0.2) is 4.79 Å². The first kappa shape index (κ1) is 26.3. The van der Waals surface area contributed by atoms with E-state index in [1.54, 1.807) is 17.0 Å². The molecule has 1 heterocycles. The molecule has 0 unspecified atom stereocenters. The van der Waals surface area contributed by atoms with Gasteiger partial charge in [-0.3, -0.25) is 9.79 Å². The molecule has 3 aromatic carbocycles. The highest BCUT2D eigenvalue weighted by Crippen LogP contribution is 2.31. The molecule has 0 radical (unpaired) electrons. The van der Waals surface area contributed by atoms with Crippen molar-refractivity contribution in [2.45, 2.75) is 66.2 Å². The number of carbonyl (C=O) groups excluding carboxylic acids is 2. The van der Waals surface area contributed by atoms with E-state index < -0.39 is 17.6 Å². The van der Waals surface area contributed by atoms with Gasteiger partial charge >= 0.3 is 5.97 Å². The van der Waals surface area contributed by atoms with Crippen molar-refractivity contribution >= 4 is 23.3 Å². The summed E-state index contributed by atoms with van der Waals surface area (Å²) in [6, 6.07) is 23.4. The zero-order chi connectivity index (χ0) is 26.7. The van der Waals surface area contributed by atoms with Gasteiger partial charge in [0.1, 0.15) is 11.6 Å². The van der Waals surface area contributed by atoms with Crippen LogP contribution in [0.25, 0.3) is 11.1 Å². The van der Waals surface area contributed by atoms with Gasteiger partial charge in [0.25, 0.3) is 5.91 Å². The summed E-state index contributed by atoms with van der Waals surface area (Å²) in [7, 11) is 0. The van der Waals surface area contributed by atoms with Crippen LogP contribution in [0.5, 0.6) is 0 Å². The molecule has 5 heteroatoms. The highest BCUT2D eigenvalue weighted by Gasteiger charge is 2.32. The van der Waals surface area contributed by atoms with E-state index in [0.29, 0.717) is 30.1 Å². The fraction of sp³-hybridized carbons (Fsp3) is 0.344. The summed E-state index contributed by atoms with van der Waals surface area (Å²) < 4.78 is 5.61. The Morgan fingerprint density at radius 2 is 1.62 bits per heavy atom. The Labute approximate surface area is 220 Å². The number of esters is 1. The number of rotatable bonds is 6. The molecule has 1 aliphatic heterocycles. The number of benzodiazepines with no additional fused rings is 1. The minimum atomic E-state index is -0.611. The number of ether oxygens (including phenoxy) is 1. The van der Waals surface area contributed by atoms with Crippen LogP contribution in [-0.2, 0) is 16.1 Å². The third kappa shape index (κ3) is 6.34. The molecule has 0 saturated heterocycles. The monoisotopic (exact) mass is 496 g/mol. The molecule has 0 spiro atoms. The van der Waals surface area contributed by atoms with E-state index in [9.17, 15) is 9.59 Å². The Bertz CT molecular complexity index is 1300. The maximum absolute atomic E-state index is 13.9.